The lowest BCUT2D eigenvalue weighted by molar-refractivity contribution is 0.0435. The van der Waals surface area contributed by atoms with Crippen molar-refractivity contribution in [2.75, 3.05) is 42.2 Å². The van der Waals surface area contributed by atoms with Crippen LogP contribution in [-0.4, -0.2) is 47.1 Å². The summed E-state index contributed by atoms with van der Waals surface area (Å²) in [5.74, 6) is 3.64. The molecule has 1 fully saturated rings. The fourth-order valence-corrected chi connectivity index (χ4v) is 5.46. The van der Waals surface area contributed by atoms with Gasteiger partial charge < -0.3 is 33.2 Å². The van der Waals surface area contributed by atoms with Gasteiger partial charge >= 0.3 is 0 Å². The third-order valence-electron chi connectivity index (χ3n) is 6.57. The Labute approximate surface area is 222 Å². The summed E-state index contributed by atoms with van der Waals surface area (Å²) in [5.41, 5.74) is 4.94. The molecule has 0 amide bonds. The van der Waals surface area contributed by atoms with E-state index >= 15 is 0 Å². The molecule has 0 bridgehead atoms. The third kappa shape index (κ3) is 5.88. The van der Waals surface area contributed by atoms with Crippen molar-refractivity contribution in [3.8, 4) is 34.5 Å². The van der Waals surface area contributed by atoms with Gasteiger partial charge in [0.05, 0.1) is 65.6 Å². The number of hydrogen-bond acceptors (Lipinski definition) is 9. The molecule has 37 heavy (non-hydrogen) atoms. The van der Waals surface area contributed by atoms with Gasteiger partial charge in [0.15, 0.2) is 23.0 Å². The van der Waals surface area contributed by atoms with Gasteiger partial charge in [-0.25, -0.2) is 4.98 Å². The van der Waals surface area contributed by atoms with Crippen molar-refractivity contribution in [1.29, 1.82) is 0 Å². The van der Waals surface area contributed by atoms with Crippen LogP contribution in [0, 0.1) is 6.92 Å². The minimum absolute atomic E-state index is 0.112. The molecule has 0 radical (unpaired) electrons. The minimum Gasteiger partial charge on any atom is -0.493 e. The molecule has 1 aliphatic heterocycles. The molecule has 0 N–H and O–H groups in total. The molecule has 9 heteroatoms. The first-order valence-electron chi connectivity index (χ1n) is 12.3. The van der Waals surface area contributed by atoms with Crippen LogP contribution in [0.15, 0.2) is 29.8 Å². The summed E-state index contributed by atoms with van der Waals surface area (Å²) < 4.78 is 40.5. The quantitative estimate of drug-likeness (QED) is 0.261. The second kappa shape index (κ2) is 12.4. The van der Waals surface area contributed by atoms with Crippen LogP contribution in [0.1, 0.15) is 53.2 Å². The van der Waals surface area contributed by atoms with E-state index in [2.05, 4.69) is 4.98 Å². The molecule has 0 spiro atoms. The maximum atomic E-state index is 6.51. The first kappa shape index (κ1) is 26.9. The van der Waals surface area contributed by atoms with E-state index in [-0.39, 0.29) is 12.2 Å². The van der Waals surface area contributed by atoms with E-state index in [1.165, 1.54) is 4.88 Å². The Morgan fingerprint density at radius 1 is 0.784 bits per heavy atom. The van der Waals surface area contributed by atoms with Crippen molar-refractivity contribution >= 4 is 11.3 Å². The van der Waals surface area contributed by atoms with Gasteiger partial charge in [-0.2, -0.15) is 0 Å². The number of aromatic nitrogens is 1. The largest absolute Gasteiger partial charge is 0.493 e. The van der Waals surface area contributed by atoms with Crippen molar-refractivity contribution in [2.45, 2.75) is 44.8 Å². The van der Waals surface area contributed by atoms with Gasteiger partial charge in [-0.1, -0.05) is 0 Å². The molecule has 2 heterocycles. The second-order valence-electron chi connectivity index (χ2n) is 8.72. The zero-order valence-corrected chi connectivity index (χ0v) is 23.1. The zero-order chi connectivity index (χ0) is 26.4. The number of ether oxygens (including phenoxy) is 7. The smallest absolute Gasteiger partial charge is 0.203 e. The van der Waals surface area contributed by atoms with Crippen molar-refractivity contribution in [3.63, 3.8) is 0 Å². The van der Waals surface area contributed by atoms with E-state index in [9.17, 15) is 0 Å². The number of thiazole rings is 1. The predicted octanol–water partition coefficient (Wildman–Crippen LogP) is 6.10. The van der Waals surface area contributed by atoms with Crippen molar-refractivity contribution in [2.24, 2.45) is 0 Å². The van der Waals surface area contributed by atoms with Crippen LogP contribution in [0.3, 0.4) is 0 Å². The van der Waals surface area contributed by atoms with Crippen LogP contribution in [0.5, 0.6) is 34.5 Å². The van der Waals surface area contributed by atoms with Gasteiger partial charge in [0.2, 0.25) is 11.5 Å². The highest BCUT2D eigenvalue weighted by Gasteiger charge is 2.31. The van der Waals surface area contributed by atoms with E-state index in [0.29, 0.717) is 41.1 Å². The van der Waals surface area contributed by atoms with E-state index < -0.39 is 0 Å². The van der Waals surface area contributed by atoms with E-state index in [4.69, 9.17) is 33.2 Å². The molecule has 0 saturated carbocycles. The van der Waals surface area contributed by atoms with Gasteiger partial charge in [-0.15, -0.1) is 11.3 Å². The van der Waals surface area contributed by atoms with Crippen LogP contribution >= 0.6 is 11.3 Å². The fraction of sp³-hybridized carbons (Fsp3) is 0.464. The summed E-state index contributed by atoms with van der Waals surface area (Å²) in [6, 6.07) is 7.86. The third-order valence-corrected chi connectivity index (χ3v) is 7.56. The van der Waals surface area contributed by atoms with Crippen LogP contribution < -0.4 is 28.4 Å². The highest BCUT2D eigenvalue weighted by atomic mass is 32.1. The normalized spacial score (nSPS) is 16.9. The van der Waals surface area contributed by atoms with Crippen LogP contribution in [-0.2, 0) is 11.2 Å². The lowest BCUT2D eigenvalue weighted by atomic mass is 10.0. The van der Waals surface area contributed by atoms with Crippen LogP contribution in [0.2, 0.25) is 0 Å². The van der Waals surface area contributed by atoms with Gasteiger partial charge in [0.1, 0.15) is 0 Å². The molecule has 200 valence electrons. The van der Waals surface area contributed by atoms with Gasteiger partial charge in [0, 0.05) is 4.88 Å². The minimum atomic E-state index is -0.119. The summed E-state index contributed by atoms with van der Waals surface area (Å²) in [6.07, 6.45) is 3.27. The molecule has 8 nitrogen and oxygen atoms in total. The van der Waals surface area contributed by atoms with E-state index in [1.807, 2.05) is 36.7 Å². The summed E-state index contributed by atoms with van der Waals surface area (Å²) in [5, 5.41) is 0. The van der Waals surface area contributed by atoms with Crippen LogP contribution in [0.4, 0.5) is 0 Å². The fourth-order valence-electron chi connectivity index (χ4n) is 4.64. The summed E-state index contributed by atoms with van der Waals surface area (Å²) in [7, 11) is 8.08. The molecule has 2 atom stereocenters. The predicted molar refractivity (Wildman–Crippen MR) is 142 cm³/mol. The highest BCUT2D eigenvalue weighted by Crippen LogP contribution is 2.48. The van der Waals surface area contributed by atoms with Crippen molar-refractivity contribution < 1.29 is 33.2 Å². The SMILES string of the molecule is COc1cc([C@H]2CC[C@H](c3cc(OC)c(OC)c(OCCCc4scnc4C)c3)O2)cc(OC)c1OC. The summed E-state index contributed by atoms with van der Waals surface area (Å²) in [4.78, 5) is 5.61. The maximum Gasteiger partial charge on any atom is 0.203 e. The Kier molecular flexibility index (Phi) is 9.00. The average Bonchev–Trinajstić information content (AvgIpc) is 3.59. The Morgan fingerprint density at radius 3 is 1.76 bits per heavy atom. The van der Waals surface area contributed by atoms with Crippen LogP contribution in [0.25, 0.3) is 0 Å². The number of aryl methyl sites for hydroxylation is 2. The monoisotopic (exact) mass is 529 g/mol. The zero-order valence-electron chi connectivity index (χ0n) is 22.3. The Morgan fingerprint density at radius 2 is 1.30 bits per heavy atom. The first-order valence-corrected chi connectivity index (χ1v) is 13.1. The summed E-state index contributed by atoms with van der Waals surface area (Å²) in [6.45, 7) is 2.59. The van der Waals surface area contributed by atoms with E-state index in [0.717, 1.165) is 42.5 Å². The molecule has 1 aromatic heterocycles. The van der Waals surface area contributed by atoms with E-state index in [1.54, 1.807) is 46.9 Å². The van der Waals surface area contributed by atoms with Crippen molar-refractivity contribution in [1.82, 2.24) is 4.98 Å². The molecule has 2 aromatic carbocycles. The number of nitrogens with zero attached hydrogens (tertiary/aromatic N) is 1. The number of hydrogen-bond donors (Lipinski definition) is 0. The second-order valence-corrected chi connectivity index (χ2v) is 9.66. The number of methoxy groups -OCH3 is 5. The Bertz CT molecular complexity index is 1170. The highest BCUT2D eigenvalue weighted by molar-refractivity contribution is 7.09. The molecule has 3 aromatic rings. The molecule has 0 aliphatic carbocycles. The lowest BCUT2D eigenvalue weighted by Gasteiger charge is -2.20. The molecule has 4 rings (SSSR count). The van der Waals surface area contributed by atoms with Gasteiger partial charge in [-0.05, 0) is 68.0 Å². The Hall–Kier alpha value is -3.17. The number of rotatable bonds is 12. The first-order chi connectivity index (χ1) is 18.0. The molecule has 1 aliphatic rings. The van der Waals surface area contributed by atoms with Gasteiger partial charge in [0.25, 0.3) is 0 Å². The topological polar surface area (TPSA) is 77.5 Å². The lowest BCUT2D eigenvalue weighted by Crippen LogP contribution is -2.05. The van der Waals surface area contributed by atoms with Crippen molar-refractivity contribution in [3.05, 3.63) is 51.5 Å². The molecular weight excluding hydrogens is 494 g/mol. The molecular formula is C28H35NO7S. The standard InChI is InChI=1S/C28H35NO7S/c1-17-26(37-16-29-17)8-7-11-35-25-15-19(14-24(32-4)28(25)34-6)21-10-9-20(36-21)18-12-22(30-2)27(33-5)23(13-18)31-3/h12-16,20-21H,7-11H2,1-6H3/t20-,21-/m1/s1. The summed E-state index contributed by atoms with van der Waals surface area (Å²) >= 11 is 1.68. The maximum absolute atomic E-state index is 6.51. The molecule has 0 unspecified atom stereocenters. The Balaban J connectivity index is 1.51. The number of benzene rings is 2. The van der Waals surface area contributed by atoms with Gasteiger partial charge in [-0.3, -0.25) is 0 Å². The average molecular weight is 530 g/mol. The molecule has 1 saturated heterocycles.